The van der Waals surface area contributed by atoms with Crippen LogP contribution < -0.4 is 9.47 Å². The number of benzene rings is 2. The van der Waals surface area contributed by atoms with Gasteiger partial charge >= 0.3 is 0 Å². The number of nitriles is 2. The highest BCUT2D eigenvalue weighted by Gasteiger charge is 2.13. The zero-order valence-electron chi connectivity index (χ0n) is 13.0. The van der Waals surface area contributed by atoms with Crippen LogP contribution in [0.5, 0.6) is 11.5 Å². The molecule has 2 rings (SSSR count). The molecule has 2 aromatic rings. The van der Waals surface area contributed by atoms with Gasteiger partial charge in [0.2, 0.25) is 0 Å². The van der Waals surface area contributed by atoms with Gasteiger partial charge in [-0.2, -0.15) is 10.5 Å². The van der Waals surface area contributed by atoms with E-state index in [0.29, 0.717) is 24.3 Å². The SMILES string of the molecule is CCOc1ccc(OCC)c(Sc2cccc(C#N)c2C#N)c1. The van der Waals surface area contributed by atoms with Crippen LogP contribution in [-0.4, -0.2) is 13.2 Å². The first-order chi connectivity index (χ1) is 11.2. The summed E-state index contributed by atoms with van der Waals surface area (Å²) in [4.78, 5) is 1.57. The van der Waals surface area contributed by atoms with Crippen molar-refractivity contribution < 1.29 is 9.47 Å². The van der Waals surface area contributed by atoms with Crippen molar-refractivity contribution in [2.45, 2.75) is 23.6 Å². The van der Waals surface area contributed by atoms with Crippen molar-refractivity contribution >= 4 is 11.8 Å². The van der Waals surface area contributed by atoms with Crippen LogP contribution >= 0.6 is 11.8 Å². The molecule has 0 unspecified atom stereocenters. The molecule has 0 fully saturated rings. The van der Waals surface area contributed by atoms with Crippen molar-refractivity contribution in [3.8, 4) is 23.6 Å². The van der Waals surface area contributed by atoms with Gasteiger partial charge in [-0.25, -0.2) is 0 Å². The van der Waals surface area contributed by atoms with Gasteiger partial charge in [0.15, 0.2) is 0 Å². The monoisotopic (exact) mass is 324 g/mol. The molecule has 0 radical (unpaired) electrons. The minimum Gasteiger partial charge on any atom is -0.494 e. The molecule has 0 aliphatic heterocycles. The van der Waals surface area contributed by atoms with Gasteiger partial charge in [-0.05, 0) is 44.2 Å². The van der Waals surface area contributed by atoms with Crippen LogP contribution in [0.1, 0.15) is 25.0 Å². The van der Waals surface area contributed by atoms with Crippen LogP contribution in [-0.2, 0) is 0 Å². The summed E-state index contributed by atoms with van der Waals surface area (Å²) in [7, 11) is 0. The van der Waals surface area contributed by atoms with Crippen LogP contribution in [0.3, 0.4) is 0 Å². The Morgan fingerprint density at radius 1 is 0.957 bits per heavy atom. The van der Waals surface area contributed by atoms with Gasteiger partial charge in [-0.1, -0.05) is 17.8 Å². The molecule has 0 spiro atoms. The highest BCUT2D eigenvalue weighted by molar-refractivity contribution is 7.99. The molecule has 0 amide bonds. The van der Waals surface area contributed by atoms with E-state index in [1.165, 1.54) is 11.8 Å². The molecule has 0 aliphatic rings. The number of hydrogen-bond acceptors (Lipinski definition) is 5. The van der Waals surface area contributed by atoms with Crippen molar-refractivity contribution in [2.24, 2.45) is 0 Å². The molecule has 0 aliphatic carbocycles. The normalized spacial score (nSPS) is 9.74. The van der Waals surface area contributed by atoms with Crippen LogP contribution in [0.4, 0.5) is 0 Å². The zero-order chi connectivity index (χ0) is 16.7. The molecular formula is C18H16N2O2S. The fraction of sp³-hybridized carbons (Fsp3) is 0.222. The number of ether oxygens (including phenoxy) is 2. The lowest BCUT2D eigenvalue weighted by atomic mass is 10.1. The van der Waals surface area contributed by atoms with Gasteiger partial charge < -0.3 is 9.47 Å². The summed E-state index contributed by atoms with van der Waals surface area (Å²) in [6, 6.07) is 15.0. The van der Waals surface area contributed by atoms with Gasteiger partial charge in [0, 0.05) is 4.90 Å². The Morgan fingerprint density at radius 2 is 1.74 bits per heavy atom. The summed E-state index contributed by atoms with van der Waals surface area (Å²) < 4.78 is 11.2. The van der Waals surface area contributed by atoms with Crippen LogP contribution in [0.25, 0.3) is 0 Å². The molecule has 0 N–H and O–H groups in total. The highest BCUT2D eigenvalue weighted by atomic mass is 32.2. The minimum absolute atomic E-state index is 0.372. The Labute approximate surface area is 140 Å². The standard InChI is InChI=1S/C18H16N2O2S/c1-3-21-14-8-9-16(22-4-2)18(10-14)23-17-7-5-6-13(11-19)15(17)12-20/h5-10H,3-4H2,1-2H3. The van der Waals surface area contributed by atoms with E-state index in [4.69, 9.17) is 14.7 Å². The summed E-state index contributed by atoms with van der Waals surface area (Å²) in [6.07, 6.45) is 0. The Morgan fingerprint density at radius 3 is 2.39 bits per heavy atom. The third-order valence-electron chi connectivity index (χ3n) is 3.00. The largest absolute Gasteiger partial charge is 0.494 e. The first kappa shape index (κ1) is 16.7. The molecule has 116 valence electrons. The lowest BCUT2D eigenvalue weighted by Crippen LogP contribution is -1.96. The Balaban J connectivity index is 2.45. The van der Waals surface area contributed by atoms with E-state index in [0.717, 1.165) is 21.3 Å². The second-order valence-corrected chi connectivity index (χ2v) is 5.56. The fourth-order valence-electron chi connectivity index (χ4n) is 2.04. The molecule has 0 saturated heterocycles. The molecule has 0 bridgehead atoms. The average Bonchev–Trinajstić information content (AvgIpc) is 2.57. The molecular weight excluding hydrogens is 308 g/mol. The lowest BCUT2D eigenvalue weighted by molar-refractivity contribution is 0.323. The average molecular weight is 324 g/mol. The van der Waals surface area contributed by atoms with Crippen LogP contribution in [0.15, 0.2) is 46.2 Å². The van der Waals surface area contributed by atoms with Gasteiger partial charge in [0.25, 0.3) is 0 Å². The van der Waals surface area contributed by atoms with E-state index in [9.17, 15) is 5.26 Å². The Bertz CT molecular complexity index is 776. The van der Waals surface area contributed by atoms with E-state index in [-0.39, 0.29) is 0 Å². The summed E-state index contributed by atoms with van der Waals surface area (Å²) in [5, 5.41) is 18.5. The lowest BCUT2D eigenvalue weighted by Gasteiger charge is -2.13. The Hall–Kier alpha value is -2.63. The molecule has 0 aromatic heterocycles. The van der Waals surface area contributed by atoms with Gasteiger partial charge in [-0.15, -0.1) is 0 Å². The molecule has 2 aromatic carbocycles. The van der Waals surface area contributed by atoms with Gasteiger partial charge in [0.05, 0.1) is 29.2 Å². The quantitative estimate of drug-likeness (QED) is 0.789. The van der Waals surface area contributed by atoms with E-state index >= 15 is 0 Å². The van der Waals surface area contributed by atoms with Gasteiger partial charge in [0.1, 0.15) is 23.6 Å². The van der Waals surface area contributed by atoms with E-state index < -0.39 is 0 Å². The number of hydrogen-bond donors (Lipinski definition) is 0. The number of nitrogens with zero attached hydrogens (tertiary/aromatic N) is 2. The predicted octanol–water partition coefficient (Wildman–Crippen LogP) is 4.38. The van der Waals surface area contributed by atoms with Crippen LogP contribution in [0.2, 0.25) is 0 Å². The molecule has 0 heterocycles. The smallest absolute Gasteiger partial charge is 0.133 e. The molecule has 5 heteroatoms. The van der Waals surface area contributed by atoms with Crippen molar-refractivity contribution in [1.29, 1.82) is 10.5 Å². The Kier molecular flexibility index (Phi) is 5.91. The van der Waals surface area contributed by atoms with Crippen LogP contribution in [0, 0.1) is 22.7 Å². The predicted molar refractivity (Wildman–Crippen MR) is 88.8 cm³/mol. The van der Waals surface area contributed by atoms with Gasteiger partial charge in [-0.3, -0.25) is 0 Å². The van der Waals surface area contributed by atoms with Crippen molar-refractivity contribution in [1.82, 2.24) is 0 Å². The van der Waals surface area contributed by atoms with Crippen molar-refractivity contribution in [3.05, 3.63) is 47.5 Å². The second kappa shape index (κ2) is 8.12. The summed E-state index contributed by atoms with van der Waals surface area (Å²) in [6.45, 7) is 4.96. The summed E-state index contributed by atoms with van der Waals surface area (Å²) in [5.74, 6) is 1.47. The first-order valence-corrected chi connectivity index (χ1v) is 8.05. The van der Waals surface area contributed by atoms with E-state index in [1.807, 2.05) is 38.1 Å². The van der Waals surface area contributed by atoms with Crippen molar-refractivity contribution in [2.75, 3.05) is 13.2 Å². The maximum atomic E-state index is 9.35. The molecule has 23 heavy (non-hydrogen) atoms. The molecule has 0 atom stereocenters. The second-order valence-electron chi connectivity index (χ2n) is 4.48. The summed E-state index contributed by atoms with van der Waals surface area (Å²) in [5.41, 5.74) is 0.751. The third-order valence-corrected chi connectivity index (χ3v) is 4.10. The minimum atomic E-state index is 0.372. The zero-order valence-corrected chi connectivity index (χ0v) is 13.8. The maximum absolute atomic E-state index is 9.35. The highest BCUT2D eigenvalue weighted by Crippen LogP contribution is 2.39. The topological polar surface area (TPSA) is 66.0 Å². The molecule has 4 nitrogen and oxygen atoms in total. The van der Waals surface area contributed by atoms with E-state index in [2.05, 4.69) is 12.1 Å². The third kappa shape index (κ3) is 3.97. The fourth-order valence-corrected chi connectivity index (χ4v) is 3.09. The van der Waals surface area contributed by atoms with Crippen molar-refractivity contribution in [3.63, 3.8) is 0 Å². The first-order valence-electron chi connectivity index (χ1n) is 7.24. The van der Waals surface area contributed by atoms with E-state index in [1.54, 1.807) is 12.1 Å². The molecule has 0 saturated carbocycles. The number of rotatable bonds is 6. The maximum Gasteiger partial charge on any atom is 0.133 e. The summed E-state index contributed by atoms with van der Waals surface area (Å²) >= 11 is 1.40.